The van der Waals surface area contributed by atoms with Crippen molar-refractivity contribution in [2.24, 2.45) is 0 Å². The van der Waals surface area contributed by atoms with E-state index in [0.717, 1.165) is 6.42 Å². The number of carbonyl (C=O) groups is 1. The Bertz CT molecular complexity index is 416. The predicted molar refractivity (Wildman–Crippen MR) is 59.8 cm³/mol. The van der Waals surface area contributed by atoms with Gasteiger partial charge in [-0.2, -0.15) is 0 Å². The van der Waals surface area contributed by atoms with Crippen LogP contribution in [0.2, 0.25) is 0 Å². The highest BCUT2D eigenvalue weighted by molar-refractivity contribution is 5.95. The molecule has 2 N–H and O–H groups in total. The van der Waals surface area contributed by atoms with Crippen molar-refractivity contribution in [3.63, 3.8) is 0 Å². The fraction of sp³-hybridized carbons (Fsp3) is 0.455. The van der Waals surface area contributed by atoms with Gasteiger partial charge in [0.1, 0.15) is 11.8 Å². The van der Waals surface area contributed by atoms with Gasteiger partial charge in [0.15, 0.2) is 0 Å². The third-order valence-corrected chi connectivity index (χ3v) is 2.53. The fourth-order valence-corrected chi connectivity index (χ4v) is 1.60. The summed E-state index contributed by atoms with van der Waals surface area (Å²) in [6, 6.07) is 1.50. The number of hydrogen-bond acceptors (Lipinski definition) is 6. The van der Waals surface area contributed by atoms with Crippen LogP contribution in [0.15, 0.2) is 12.3 Å². The van der Waals surface area contributed by atoms with Gasteiger partial charge in [0.05, 0.1) is 25.9 Å². The molecule has 92 valence electrons. The summed E-state index contributed by atoms with van der Waals surface area (Å²) < 4.78 is 15.4. The lowest BCUT2D eigenvalue weighted by Crippen LogP contribution is -2.18. The van der Waals surface area contributed by atoms with Gasteiger partial charge in [-0.1, -0.05) is 0 Å². The highest BCUT2D eigenvalue weighted by Gasteiger charge is 2.21. The van der Waals surface area contributed by atoms with Gasteiger partial charge in [-0.25, -0.2) is 9.78 Å². The van der Waals surface area contributed by atoms with E-state index < -0.39 is 5.97 Å². The topological polar surface area (TPSA) is 83.7 Å². The summed E-state index contributed by atoms with van der Waals surface area (Å²) in [5.41, 5.74) is 6.27. The SMILES string of the molecule is COC(=O)c1ccnc(OC2CCOC2)c1N. The number of pyridine rings is 1. The van der Waals surface area contributed by atoms with Crippen molar-refractivity contribution < 1.29 is 19.0 Å². The average Bonchev–Trinajstić information content (AvgIpc) is 2.84. The molecule has 6 heteroatoms. The lowest BCUT2D eigenvalue weighted by molar-refractivity contribution is 0.0601. The minimum Gasteiger partial charge on any atom is -0.470 e. The van der Waals surface area contributed by atoms with Crippen molar-refractivity contribution >= 4 is 11.7 Å². The zero-order valence-corrected chi connectivity index (χ0v) is 9.51. The molecule has 17 heavy (non-hydrogen) atoms. The number of nitrogens with two attached hydrogens (primary N) is 1. The number of carbonyl (C=O) groups excluding carboxylic acids is 1. The van der Waals surface area contributed by atoms with Gasteiger partial charge in [0.25, 0.3) is 0 Å². The van der Waals surface area contributed by atoms with Gasteiger partial charge in [0.2, 0.25) is 5.88 Å². The molecule has 0 aromatic carbocycles. The normalized spacial score (nSPS) is 19.0. The Morgan fingerprint density at radius 2 is 2.47 bits per heavy atom. The smallest absolute Gasteiger partial charge is 0.340 e. The van der Waals surface area contributed by atoms with Crippen molar-refractivity contribution in [1.82, 2.24) is 4.98 Å². The third kappa shape index (κ3) is 2.47. The van der Waals surface area contributed by atoms with Crippen LogP contribution in [-0.4, -0.2) is 37.4 Å². The molecule has 1 aliphatic heterocycles. The number of hydrogen-bond donors (Lipinski definition) is 1. The highest BCUT2D eigenvalue weighted by Crippen LogP contribution is 2.25. The quantitative estimate of drug-likeness (QED) is 0.777. The van der Waals surface area contributed by atoms with Crippen LogP contribution in [0.3, 0.4) is 0 Å². The molecule has 0 saturated carbocycles. The Labute approximate surface area is 98.7 Å². The van der Waals surface area contributed by atoms with Crippen molar-refractivity contribution in [2.45, 2.75) is 12.5 Å². The molecule has 0 bridgehead atoms. The van der Waals surface area contributed by atoms with Crippen LogP contribution in [0.1, 0.15) is 16.8 Å². The molecule has 2 heterocycles. The summed E-state index contributed by atoms with van der Waals surface area (Å²) in [4.78, 5) is 15.4. The summed E-state index contributed by atoms with van der Waals surface area (Å²) in [5, 5.41) is 0. The van der Waals surface area contributed by atoms with E-state index in [2.05, 4.69) is 9.72 Å². The number of aromatic nitrogens is 1. The molecule has 6 nitrogen and oxygen atoms in total. The Morgan fingerprint density at radius 3 is 3.12 bits per heavy atom. The first-order chi connectivity index (χ1) is 8.22. The standard InChI is InChI=1S/C11H14N2O4/c1-15-11(14)8-2-4-13-10(9(8)12)17-7-3-5-16-6-7/h2,4,7H,3,5-6,12H2,1H3. The van der Waals surface area contributed by atoms with Gasteiger partial charge >= 0.3 is 5.97 Å². The number of methoxy groups -OCH3 is 1. The molecule has 0 aliphatic carbocycles. The van der Waals surface area contributed by atoms with Crippen molar-refractivity contribution in [3.05, 3.63) is 17.8 Å². The van der Waals surface area contributed by atoms with Crippen LogP contribution in [0.5, 0.6) is 5.88 Å². The maximum Gasteiger partial charge on any atom is 0.340 e. The molecule has 0 radical (unpaired) electrons. The Balaban J connectivity index is 2.19. The second-order valence-electron chi connectivity index (χ2n) is 3.67. The average molecular weight is 238 g/mol. The van der Waals surface area contributed by atoms with Crippen LogP contribution >= 0.6 is 0 Å². The molecule has 0 spiro atoms. The number of nitrogens with zero attached hydrogens (tertiary/aromatic N) is 1. The number of ether oxygens (including phenoxy) is 3. The Hall–Kier alpha value is -1.82. The van der Waals surface area contributed by atoms with Crippen molar-refractivity contribution in [2.75, 3.05) is 26.1 Å². The van der Waals surface area contributed by atoms with Crippen molar-refractivity contribution in [1.29, 1.82) is 0 Å². The van der Waals surface area contributed by atoms with E-state index in [9.17, 15) is 4.79 Å². The fourth-order valence-electron chi connectivity index (χ4n) is 1.60. The molecule has 1 saturated heterocycles. The Kier molecular flexibility index (Phi) is 3.43. The predicted octanol–water partition coefficient (Wildman–Crippen LogP) is 0.618. The van der Waals surface area contributed by atoms with Gasteiger partial charge in [-0.05, 0) is 6.07 Å². The van der Waals surface area contributed by atoms with E-state index in [-0.39, 0.29) is 23.2 Å². The van der Waals surface area contributed by atoms with E-state index in [1.54, 1.807) is 0 Å². The second-order valence-corrected chi connectivity index (χ2v) is 3.67. The number of esters is 1. The maximum absolute atomic E-state index is 11.4. The molecule has 1 aromatic rings. The lowest BCUT2D eigenvalue weighted by Gasteiger charge is -2.13. The van der Waals surface area contributed by atoms with E-state index in [1.807, 2.05) is 0 Å². The third-order valence-electron chi connectivity index (χ3n) is 2.53. The molecular weight excluding hydrogens is 224 g/mol. The molecule has 1 fully saturated rings. The molecule has 1 atom stereocenters. The molecule has 0 amide bonds. The zero-order valence-electron chi connectivity index (χ0n) is 9.51. The summed E-state index contributed by atoms with van der Waals surface area (Å²) in [7, 11) is 1.30. The minimum absolute atomic E-state index is 0.0577. The zero-order chi connectivity index (χ0) is 12.3. The first kappa shape index (κ1) is 11.7. The molecule has 1 aliphatic rings. The van der Waals surface area contributed by atoms with Gasteiger partial charge in [-0.15, -0.1) is 0 Å². The molecule has 1 unspecified atom stereocenters. The minimum atomic E-state index is -0.502. The van der Waals surface area contributed by atoms with E-state index in [1.165, 1.54) is 19.4 Å². The first-order valence-corrected chi connectivity index (χ1v) is 5.29. The largest absolute Gasteiger partial charge is 0.470 e. The number of anilines is 1. The van der Waals surface area contributed by atoms with Crippen LogP contribution in [0, 0.1) is 0 Å². The van der Waals surface area contributed by atoms with Crippen LogP contribution in [-0.2, 0) is 9.47 Å². The van der Waals surface area contributed by atoms with Gasteiger partial charge in [0, 0.05) is 12.6 Å². The molecular formula is C11H14N2O4. The number of nitrogen functional groups attached to an aromatic ring is 1. The van der Waals surface area contributed by atoms with Crippen LogP contribution < -0.4 is 10.5 Å². The Morgan fingerprint density at radius 1 is 1.65 bits per heavy atom. The van der Waals surface area contributed by atoms with Gasteiger partial charge < -0.3 is 19.9 Å². The highest BCUT2D eigenvalue weighted by atomic mass is 16.6. The molecule has 2 rings (SSSR count). The molecule has 1 aromatic heterocycles. The van der Waals surface area contributed by atoms with E-state index in [4.69, 9.17) is 15.2 Å². The summed E-state index contributed by atoms with van der Waals surface area (Å²) >= 11 is 0. The monoisotopic (exact) mass is 238 g/mol. The van der Waals surface area contributed by atoms with E-state index in [0.29, 0.717) is 13.2 Å². The summed E-state index contributed by atoms with van der Waals surface area (Å²) in [6.45, 7) is 1.19. The summed E-state index contributed by atoms with van der Waals surface area (Å²) in [6.07, 6.45) is 2.20. The van der Waals surface area contributed by atoms with Crippen LogP contribution in [0.4, 0.5) is 5.69 Å². The summed E-state index contributed by atoms with van der Waals surface area (Å²) in [5.74, 6) is -0.249. The first-order valence-electron chi connectivity index (χ1n) is 5.29. The second kappa shape index (κ2) is 5.01. The van der Waals surface area contributed by atoms with Gasteiger partial charge in [-0.3, -0.25) is 0 Å². The van der Waals surface area contributed by atoms with Crippen LogP contribution in [0.25, 0.3) is 0 Å². The van der Waals surface area contributed by atoms with E-state index >= 15 is 0 Å². The van der Waals surface area contributed by atoms with Crippen molar-refractivity contribution in [3.8, 4) is 5.88 Å². The maximum atomic E-state index is 11.4. The number of rotatable bonds is 3. The lowest BCUT2D eigenvalue weighted by atomic mass is 10.2.